The number of hydrogen-bond donors (Lipinski definition) is 1. The van der Waals surface area contributed by atoms with Gasteiger partial charge in [-0.2, -0.15) is 0 Å². The zero-order chi connectivity index (χ0) is 12.9. The van der Waals surface area contributed by atoms with Gasteiger partial charge in [0.2, 0.25) is 0 Å². The van der Waals surface area contributed by atoms with Gasteiger partial charge < -0.3 is 14.8 Å². The van der Waals surface area contributed by atoms with Crippen LogP contribution in [0.5, 0.6) is 0 Å². The highest BCUT2D eigenvalue weighted by Gasteiger charge is 2.29. The Kier molecular flexibility index (Phi) is 5.90. The van der Waals surface area contributed by atoms with Gasteiger partial charge in [0.05, 0.1) is 25.9 Å². The van der Waals surface area contributed by atoms with Crippen LogP contribution in [0.3, 0.4) is 0 Å². The molecule has 1 saturated carbocycles. The summed E-state index contributed by atoms with van der Waals surface area (Å²) < 4.78 is 11.3. The van der Waals surface area contributed by atoms with Gasteiger partial charge in [-0.3, -0.25) is 0 Å². The first-order valence-corrected chi connectivity index (χ1v) is 6.82. The summed E-state index contributed by atoms with van der Waals surface area (Å²) in [5.41, 5.74) is 0.253. The van der Waals surface area contributed by atoms with E-state index in [9.17, 15) is 0 Å². The fourth-order valence-corrected chi connectivity index (χ4v) is 1.96. The van der Waals surface area contributed by atoms with E-state index in [4.69, 9.17) is 9.47 Å². The summed E-state index contributed by atoms with van der Waals surface area (Å²) in [6.07, 6.45) is 2.75. The van der Waals surface area contributed by atoms with Crippen LogP contribution < -0.4 is 5.32 Å². The second kappa shape index (κ2) is 6.72. The van der Waals surface area contributed by atoms with Crippen molar-refractivity contribution >= 4 is 0 Å². The molecule has 0 atom stereocenters. The normalized spacial score (nSPS) is 25.1. The SMILES string of the molecule is CC(C)N[C@H]1C[C@@H](OCCOCC(C)(C)C)C1. The van der Waals surface area contributed by atoms with Crippen molar-refractivity contribution in [2.45, 2.75) is 65.6 Å². The Bertz CT molecular complexity index is 205. The molecule has 0 unspecified atom stereocenters. The smallest absolute Gasteiger partial charge is 0.0704 e. The molecule has 0 bridgehead atoms. The average Bonchev–Trinajstić information content (AvgIpc) is 2.10. The Hall–Kier alpha value is -0.120. The van der Waals surface area contributed by atoms with E-state index in [-0.39, 0.29) is 5.41 Å². The van der Waals surface area contributed by atoms with Crippen molar-refractivity contribution in [3.8, 4) is 0 Å². The van der Waals surface area contributed by atoms with E-state index in [1.807, 2.05) is 0 Å². The molecule has 0 aromatic carbocycles. The standard InChI is InChI=1S/C14H29NO2/c1-11(2)15-12-8-13(9-12)17-7-6-16-10-14(3,4)5/h11-13,15H,6-10H2,1-5H3/t12-,13+. The lowest BCUT2D eigenvalue weighted by Crippen LogP contribution is -2.48. The minimum atomic E-state index is 0.253. The lowest BCUT2D eigenvalue weighted by Gasteiger charge is -2.37. The highest BCUT2D eigenvalue weighted by molar-refractivity contribution is 4.86. The fraction of sp³-hybridized carbons (Fsp3) is 1.00. The number of rotatable bonds is 7. The molecule has 0 aliphatic heterocycles. The molecule has 1 fully saturated rings. The molecule has 3 nitrogen and oxygen atoms in total. The van der Waals surface area contributed by atoms with Crippen molar-refractivity contribution in [3.63, 3.8) is 0 Å². The van der Waals surface area contributed by atoms with Crippen LogP contribution in [0.4, 0.5) is 0 Å². The third kappa shape index (κ3) is 7.02. The maximum atomic E-state index is 5.74. The zero-order valence-corrected chi connectivity index (χ0v) is 12.1. The number of hydrogen-bond acceptors (Lipinski definition) is 3. The van der Waals surface area contributed by atoms with E-state index in [0.717, 1.165) is 32.7 Å². The Morgan fingerprint density at radius 2 is 1.82 bits per heavy atom. The Balaban J connectivity index is 1.89. The Labute approximate surface area is 106 Å². The molecule has 102 valence electrons. The molecule has 0 aromatic rings. The third-order valence-corrected chi connectivity index (χ3v) is 2.78. The van der Waals surface area contributed by atoms with E-state index in [2.05, 4.69) is 39.9 Å². The molecule has 17 heavy (non-hydrogen) atoms. The lowest BCUT2D eigenvalue weighted by molar-refractivity contribution is -0.0501. The molecule has 0 radical (unpaired) electrons. The summed E-state index contributed by atoms with van der Waals surface area (Å²) in [5, 5.41) is 3.52. The third-order valence-electron chi connectivity index (χ3n) is 2.78. The highest BCUT2D eigenvalue weighted by atomic mass is 16.5. The van der Waals surface area contributed by atoms with Crippen LogP contribution in [-0.4, -0.2) is 38.0 Å². The Morgan fingerprint density at radius 1 is 1.18 bits per heavy atom. The number of ether oxygens (including phenoxy) is 2. The summed E-state index contributed by atoms with van der Waals surface area (Å²) in [7, 11) is 0. The fourth-order valence-electron chi connectivity index (χ4n) is 1.96. The van der Waals surface area contributed by atoms with Gasteiger partial charge in [-0.15, -0.1) is 0 Å². The second-order valence-corrected chi connectivity index (χ2v) is 6.60. The molecule has 0 amide bonds. The van der Waals surface area contributed by atoms with Gasteiger partial charge in [-0.1, -0.05) is 34.6 Å². The van der Waals surface area contributed by atoms with Crippen LogP contribution in [0.15, 0.2) is 0 Å². The molecule has 1 aliphatic rings. The van der Waals surface area contributed by atoms with Crippen LogP contribution >= 0.6 is 0 Å². The predicted molar refractivity (Wildman–Crippen MR) is 71.3 cm³/mol. The van der Waals surface area contributed by atoms with Gasteiger partial charge in [-0.05, 0) is 18.3 Å². The molecule has 0 heterocycles. The quantitative estimate of drug-likeness (QED) is 0.697. The van der Waals surface area contributed by atoms with Gasteiger partial charge >= 0.3 is 0 Å². The molecular weight excluding hydrogens is 214 g/mol. The molecule has 3 heteroatoms. The second-order valence-electron chi connectivity index (χ2n) is 6.60. The first kappa shape index (κ1) is 14.9. The molecule has 0 aromatic heterocycles. The van der Waals surface area contributed by atoms with Crippen molar-refractivity contribution in [3.05, 3.63) is 0 Å². The summed E-state index contributed by atoms with van der Waals surface area (Å²) in [6, 6.07) is 1.24. The number of nitrogens with one attached hydrogen (secondary N) is 1. The van der Waals surface area contributed by atoms with Gasteiger partial charge in [0.25, 0.3) is 0 Å². The van der Waals surface area contributed by atoms with Crippen LogP contribution in [0.1, 0.15) is 47.5 Å². The summed E-state index contributed by atoms with van der Waals surface area (Å²) in [6.45, 7) is 13.2. The predicted octanol–water partition coefficient (Wildman–Crippen LogP) is 2.59. The molecule has 1 aliphatic carbocycles. The first-order valence-electron chi connectivity index (χ1n) is 6.82. The Morgan fingerprint density at radius 3 is 2.35 bits per heavy atom. The van der Waals surface area contributed by atoms with Crippen molar-refractivity contribution < 1.29 is 9.47 Å². The summed E-state index contributed by atoms with van der Waals surface area (Å²) in [5.74, 6) is 0. The van der Waals surface area contributed by atoms with E-state index in [0.29, 0.717) is 18.2 Å². The van der Waals surface area contributed by atoms with Crippen LogP contribution in [0.25, 0.3) is 0 Å². The van der Waals surface area contributed by atoms with E-state index in [1.165, 1.54) is 0 Å². The van der Waals surface area contributed by atoms with Gasteiger partial charge in [0.15, 0.2) is 0 Å². The van der Waals surface area contributed by atoms with Crippen molar-refractivity contribution in [2.24, 2.45) is 5.41 Å². The first-order chi connectivity index (χ1) is 7.87. The molecule has 1 rings (SSSR count). The maximum absolute atomic E-state index is 5.74. The lowest BCUT2D eigenvalue weighted by atomic mass is 9.89. The molecule has 1 N–H and O–H groups in total. The van der Waals surface area contributed by atoms with Crippen LogP contribution in [0, 0.1) is 5.41 Å². The minimum absolute atomic E-state index is 0.253. The van der Waals surface area contributed by atoms with Crippen molar-refractivity contribution in [1.82, 2.24) is 5.32 Å². The molecule has 0 saturated heterocycles. The zero-order valence-electron chi connectivity index (χ0n) is 12.1. The van der Waals surface area contributed by atoms with Gasteiger partial charge in [0.1, 0.15) is 0 Å². The average molecular weight is 243 g/mol. The van der Waals surface area contributed by atoms with Gasteiger partial charge in [0, 0.05) is 12.1 Å². The minimum Gasteiger partial charge on any atom is -0.379 e. The molecular formula is C14H29NO2. The molecule has 0 spiro atoms. The van der Waals surface area contributed by atoms with Crippen molar-refractivity contribution in [2.75, 3.05) is 19.8 Å². The van der Waals surface area contributed by atoms with Crippen LogP contribution in [-0.2, 0) is 9.47 Å². The summed E-state index contributed by atoms with van der Waals surface area (Å²) >= 11 is 0. The van der Waals surface area contributed by atoms with Crippen molar-refractivity contribution in [1.29, 1.82) is 0 Å². The van der Waals surface area contributed by atoms with Gasteiger partial charge in [-0.25, -0.2) is 0 Å². The highest BCUT2D eigenvalue weighted by Crippen LogP contribution is 2.23. The monoisotopic (exact) mass is 243 g/mol. The maximum Gasteiger partial charge on any atom is 0.0704 e. The topological polar surface area (TPSA) is 30.5 Å². The van der Waals surface area contributed by atoms with E-state index < -0.39 is 0 Å². The van der Waals surface area contributed by atoms with E-state index in [1.54, 1.807) is 0 Å². The largest absolute Gasteiger partial charge is 0.379 e. The van der Waals surface area contributed by atoms with E-state index >= 15 is 0 Å². The summed E-state index contributed by atoms with van der Waals surface area (Å²) in [4.78, 5) is 0. The van der Waals surface area contributed by atoms with Crippen LogP contribution in [0.2, 0.25) is 0 Å².